The van der Waals surface area contributed by atoms with E-state index < -0.39 is 0 Å². The molecule has 1 aromatic rings. The summed E-state index contributed by atoms with van der Waals surface area (Å²) in [5.41, 5.74) is 6.75. The molecule has 0 radical (unpaired) electrons. The second-order valence-electron chi connectivity index (χ2n) is 4.23. The van der Waals surface area contributed by atoms with Crippen molar-refractivity contribution in [3.05, 3.63) is 23.8 Å². The predicted molar refractivity (Wildman–Crippen MR) is 70.8 cm³/mol. The number of nitrogens with two attached hydrogens (primary N) is 1. The van der Waals surface area contributed by atoms with Crippen molar-refractivity contribution in [1.29, 1.82) is 0 Å². The minimum Gasteiger partial charge on any atom is -0.497 e. The molecule has 1 unspecified atom stereocenters. The standard InChI is InChI=1S/C14H23NO2/c1-4-5-11(2)17-14-10-13(16-3)7-6-12(14)8-9-15/h6-7,10-11H,4-5,8-9,15H2,1-3H3. The van der Waals surface area contributed by atoms with E-state index in [9.17, 15) is 0 Å². The van der Waals surface area contributed by atoms with E-state index in [0.717, 1.165) is 36.3 Å². The molecule has 0 fully saturated rings. The van der Waals surface area contributed by atoms with Gasteiger partial charge < -0.3 is 15.2 Å². The van der Waals surface area contributed by atoms with E-state index in [0.29, 0.717) is 6.54 Å². The molecule has 0 aliphatic rings. The van der Waals surface area contributed by atoms with Crippen LogP contribution in [0.2, 0.25) is 0 Å². The maximum Gasteiger partial charge on any atom is 0.126 e. The monoisotopic (exact) mass is 237 g/mol. The van der Waals surface area contributed by atoms with Crippen LogP contribution in [0.5, 0.6) is 11.5 Å². The highest BCUT2D eigenvalue weighted by Crippen LogP contribution is 2.26. The molecule has 96 valence electrons. The van der Waals surface area contributed by atoms with Gasteiger partial charge in [0.2, 0.25) is 0 Å². The molecule has 0 amide bonds. The maximum atomic E-state index is 5.95. The van der Waals surface area contributed by atoms with E-state index in [1.54, 1.807) is 7.11 Å². The second-order valence-corrected chi connectivity index (χ2v) is 4.23. The Morgan fingerprint density at radius 1 is 1.35 bits per heavy atom. The van der Waals surface area contributed by atoms with Gasteiger partial charge in [-0.2, -0.15) is 0 Å². The lowest BCUT2D eigenvalue weighted by Gasteiger charge is -2.17. The average molecular weight is 237 g/mol. The lowest BCUT2D eigenvalue weighted by molar-refractivity contribution is 0.207. The summed E-state index contributed by atoms with van der Waals surface area (Å²) in [7, 11) is 1.66. The van der Waals surface area contributed by atoms with Gasteiger partial charge in [0.05, 0.1) is 13.2 Å². The van der Waals surface area contributed by atoms with E-state index in [1.807, 2.05) is 18.2 Å². The van der Waals surface area contributed by atoms with Crippen molar-refractivity contribution in [3.8, 4) is 11.5 Å². The first-order valence-corrected chi connectivity index (χ1v) is 6.24. The van der Waals surface area contributed by atoms with Crippen LogP contribution >= 0.6 is 0 Å². The van der Waals surface area contributed by atoms with Gasteiger partial charge in [-0.15, -0.1) is 0 Å². The highest BCUT2D eigenvalue weighted by atomic mass is 16.5. The maximum absolute atomic E-state index is 5.95. The molecule has 3 nitrogen and oxygen atoms in total. The summed E-state index contributed by atoms with van der Waals surface area (Å²) in [6, 6.07) is 5.92. The molecular weight excluding hydrogens is 214 g/mol. The van der Waals surface area contributed by atoms with Crippen LogP contribution in [0, 0.1) is 0 Å². The SMILES string of the molecule is CCCC(C)Oc1cc(OC)ccc1CCN. The van der Waals surface area contributed by atoms with Crippen molar-refractivity contribution in [2.45, 2.75) is 39.2 Å². The third-order valence-electron chi connectivity index (χ3n) is 2.71. The summed E-state index contributed by atoms with van der Waals surface area (Å²) in [5, 5.41) is 0. The van der Waals surface area contributed by atoms with Crippen molar-refractivity contribution < 1.29 is 9.47 Å². The molecule has 17 heavy (non-hydrogen) atoms. The molecule has 0 spiro atoms. The fourth-order valence-electron chi connectivity index (χ4n) is 1.82. The van der Waals surface area contributed by atoms with Crippen LogP contribution in [-0.4, -0.2) is 19.8 Å². The largest absolute Gasteiger partial charge is 0.497 e. The molecule has 1 aromatic carbocycles. The highest BCUT2D eigenvalue weighted by Gasteiger charge is 2.09. The summed E-state index contributed by atoms with van der Waals surface area (Å²) in [6.07, 6.45) is 3.23. The number of benzene rings is 1. The summed E-state index contributed by atoms with van der Waals surface area (Å²) in [6.45, 7) is 4.88. The van der Waals surface area contributed by atoms with E-state index in [1.165, 1.54) is 0 Å². The molecule has 1 rings (SSSR count). The van der Waals surface area contributed by atoms with Crippen LogP contribution < -0.4 is 15.2 Å². The van der Waals surface area contributed by atoms with Crippen LogP contribution in [0.1, 0.15) is 32.3 Å². The van der Waals surface area contributed by atoms with Gasteiger partial charge in [-0.25, -0.2) is 0 Å². The van der Waals surface area contributed by atoms with Crippen LogP contribution in [0.4, 0.5) is 0 Å². The van der Waals surface area contributed by atoms with Gasteiger partial charge in [0.1, 0.15) is 11.5 Å². The zero-order valence-corrected chi connectivity index (χ0v) is 11.0. The van der Waals surface area contributed by atoms with Gasteiger partial charge in [-0.05, 0) is 37.9 Å². The van der Waals surface area contributed by atoms with Crippen LogP contribution in [0.25, 0.3) is 0 Å². The van der Waals surface area contributed by atoms with E-state index >= 15 is 0 Å². The minimum atomic E-state index is 0.226. The Hall–Kier alpha value is -1.22. The summed E-state index contributed by atoms with van der Waals surface area (Å²) in [5.74, 6) is 1.72. The van der Waals surface area contributed by atoms with Gasteiger partial charge in [-0.3, -0.25) is 0 Å². The highest BCUT2D eigenvalue weighted by molar-refractivity contribution is 5.41. The molecule has 0 saturated heterocycles. The summed E-state index contributed by atoms with van der Waals surface area (Å²) < 4.78 is 11.2. The molecular formula is C14H23NO2. The first-order valence-electron chi connectivity index (χ1n) is 6.24. The molecule has 2 N–H and O–H groups in total. The Morgan fingerprint density at radius 2 is 2.12 bits per heavy atom. The molecule has 1 atom stereocenters. The first kappa shape index (κ1) is 13.8. The van der Waals surface area contributed by atoms with Crippen LogP contribution in [0.3, 0.4) is 0 Å². The zero-order valence-electron chi connectivity index (χ0n) is 11.0. The molecule has 0 saturated carbocycles. The first-order chi connectivity index (χ1) is 8.21. The number of ether oxygens (including phenoxy) is 2. The van der Waals surface area contributed by atoms with E-state index in [4.69, 9.17) is 15.2 Å². The van der Waals surface area contributed by atoms with Crippen molar-refractivity contribution in [2.75, 3.05) is 13.7 Å². The fraction of sp³-hybridized carbons (Fsp3) is 0.571. The van der Waals surface area contributed by atoms with Gasteiger partial charge in [0.25, 0.3) is 0 Å². The topological polar surface area (TPSA) is 44.5 Å². The molecule has 3 heteroatoms. The Balaban J connectivity index is 2.84. The molecule has 0 aliphatic heterocycles. The lowest BCUT2D eigenvalue weighted by atomic mass is 10.1. The molecule has 0 aromatic heterocycles. The summed E-state index contributed by atoms with van der Waals surface area (Å²) in [4.78, 5) is 0. The van der Waals surface area contributed by atoms with Crippen LogP contribution in [-0.2, 0) is 6.42 Å². The smallest absolute Gasteiger partial charge is 0.126 e. The van der Waals surface area contributed by atoms with Gasteiger partial charge in [0.15, 0.2) is 0 Å². The Morgan fingerprint density at radius 3 is 2.71 bits per heavy atom. The Labute approximate surface area is 104 Å². The Kier molecular flexibility index (Phi) is 5.84. The molecule has 0 heterocycles. The third kappa shape index (κ3) is 4.27. The van der Waals surface area contributed by atoms with E-state index in [2.05, 4.69) is 13.8 Å². The summed E-state index contributed by atoms with van der Waals surface area (Å²) >= 11 is 0. The second kappa shape index (κ2) is 7.17. The van der Waals surface area contributed by atoms with Crippen molar-refractivity contribution in [2.24, 2.45) is 5.73 Å². The van der Waals surface area contributed by atoms with Crippen LogP contribution in [0.15, 0.2) is 18.2 Å². The number of rotatable bonds is 7. The number of methoxy groups -OCH3 is 1. The van der Waals surface area contributed by atoms with Gasteiger partial charge in [-0.1, -0.05) is 19.4 Å². The fourth-order valence-corrected chi connectivity index (χ4v) is 1.82. The van der Waals surface area contributed by atoms with Crippen molar-refractivity contribution in [3.63, 3.8) is 0 Å². The van der Waals surface area contributed by atoms with E-state index in [-0.39, 0.29) is 6.10 Å². The van der Waals surface area contributed by atoms with Gasteiger partial charge >= 0.3 is 0 Å². The van der Waals surface area contributed by atoms with Crippen molar-refractivity contribution >= 4 is 0 Å². The zero-order chi connectivity index (χ0) is 12.7. The molecule has 0 aliphatic carbocycles. The predicted octanol–water partition coefficient (Wildman–Crippen LogP) is 2.76. The Bertz CT molecular complexity index is 339. The number of hydrogen-bond donors (Lipinski definition) is 1. The number of hydrogen-bond acceptors (Lipinski definition) is 3. The minimum absolute atomic E-state index is 0.226. The third-order valence-corrected chi connectivity index (χ3v) is 2.71. The average Bonchev–Trinajstić information content (AvgIpc) is 2.32. The normalized spacial score (nSPS) is 12.2. The van der Waals surface area contributed by atoms with Crippen molar-refractivity contribution in [1.82, 2.24) is 0 Å². The quantitative estimate of drug-likeness (QED) is 0.793. The lowest BCUT2D eigenvalue weighted by Crippen LogP contribution is -2.13. The van der Waals surface area contributed by atoms with Gasteiger partial charge in [0, 0.05) is 6.07 Å². The molecule has 0 bridgehead atoms.